The molecule has 3 N–H and O–H groups in total. The third-order valence-electron chi connectivity index (χ3n) is 2.40. The zero-order chi connectivity index (χ0) is 11.4. The molecule has 1 aromatic rings. The fourth-order valence-electron chi connectivity index (χ4n) is 1.64. The van der Waals surface area contributed by atoms with E-state index < -0.39 is 0 Å². The first-order valence-electron chi connectivity index (χ1n) is 4.94. The Labute approximate surface area is 98.5 Å². The number of nitrogens with two attached hydrogens (primary N) is 1. The van der Waals surface area contributed by atoms with Crippen molar-refractivity contribution in [2.24, 2.45) is 5.73 Å². The van der Waals surface area contributed by atoms with E-state index in [1.165, 1.54) is 0 Å². The Balaban J connectivity index is 2.30. The maximum Gasteiger partial charge on any atom is 0.212 e. The van der Waals surface area contributed by atoms with E-state index in [0.29, 0.717) is 13.0 Å². The van der Waals surface area contributed by atoms with Gasteiger partial charge < -0.3 is 16.0 Å². The topological polar surface area (TPSA) is 58.4 Å². The van der Waals surface area contributed by atoms with E-state index in [1.807, 2.05) is 34.6 Å². The van der Waals surface area contributed by atoms with Crippen molar-refractivity contribution in [3.8, 4) is 0 Å². The summed E-state index contributed by atoms with van der Waals surface area (Å²) in [5.74, 6) is 1.61. The quantitative estimate of drug-likeness (QED) is 0.770. The fourth-order valence-corrected chi connectivity index (χ4v) is 2.50. The van der Waals surface area contributed by atoms with Crippen LogP contribution >= 0.6 is 11.8 Å². The smallest absolute Gasteiger partial charge is 0.212 e. The molecule has 0 radical (unpaired) electrons. The maximum absolute atomic E-state index is 10.5. The molecule has 1 aliphatic heterocycles. The van der Waals surface area contributed by atoms with Gasteiger partial charge in [0.2, 0.25) is 6.41 Å². The molecule has 0 aliphatic carbocycles. The molecule has 0 saturated heterocycles. The van der Waals surface area contributed by atoms with Gasteiger partial charge >= 0.3 is 0 Å². The molecule has 1 aliphatic rings. The lowest BCUT2D eigenvalue weighted by atomic mass is 10.1. The van der Waals surface area contributed by atoms with Crippen molar-refractivity contribution in [3.63, 3.8) is 0 Å². The minimum Gasteiger partial charge on any atom is -0.326 e. The minimum atomic E-state index is 0.492. The lowest BCUT2D eigenvalue weighted by Crippen LogP contribution is -2.28. The lowest BCUT2D eigenvalue weighted by molar-refractivity contribution is -0.108. The largest absolute Gasteiger partial charge is 0.326 e. The first-order chi connectivity index (χ1) is 7.86. The van der Waals surface area contributed by atoms with Gasteiger partial charge in [-0.15, -0.1) is 11.8 Å². The van der Waals surface area contributed by atoms with Crippen LogP contribution in [0, 0.1) is 0 Å². The van der Waals surface area contributed by atoms with Crippen molar-refractivity contribution in [2.75, 3.05) is 10.8 Å². The first-order valence-corrected chi connectivity index (χ1v) is 5.99. The van der Waals surface area contributed by atoms with Gasteiger partial charge in [0.05, 0.1) is 5.88 Å². The van der Waals surface area contributed by atoms with E-state index in [0.717, 1.165) is 22.9 Å². The molecule has 1 heterocycles. The van der Waals surface area contributed by atoms with Gasteiger partial charge in [-0.1, -0.05) is 18.2 Å². The van der Waals surface area contributed by atoms with E-state index in [9.17, 15) is 4.79 Å². The van der Waals surface area contributed by atoms with Crippen molar-refractivity contribution >= 4 is 23.9 Å². The Hall–Kier alpha value is -1.46. The molecular weight excluding hydrogens is 222 g/mol. The molecule has 0 aromatic heterocycles. The third-order valence-corrected chi connectivity index (χ3v) is 3.20. The van der Waals surface area contributed by atoms with Crippen LogP contribution in [0.1, 0.15) is 5.56 Å². The Kier molecular flexibility index (Phi) is 3.48. The zero-order valence-corrected chi connectivity index (χ0v) is 9.54. The molecule has 1 amide bonds. The standard InChI is InChI=1S/C11H13N3OS/c12-5-9-3-1-2-4-10(9)14-8-16-6-11(14)13-7-15/h1-4,6-7H,5,8,12H2,(H,13,15). The molecule has 0 bridgehead atoms. The number of para-hydroxylation sites is 1. The van der Waals surface area contributed by atoms with Crippen molar-refractivity contribution < 1.29 is 4.79 Å². The van der Waals surface area contributed by atoms with Crippen LogP contribution in [0.5, 0.6) is 0 Å². The van der Waals surface area contributed by atoms with E-state index in [-0.39, 0.29) is 0 Å². The van der Waals surface area contributed by atoms with E-state index in [1.54, 1.807) is 11.8 Å². The number of rotatable bonds is 4. The van der Waals surface area contributed by atoms with Gasteiger partial charge in [0.25, 0.3) is 0 Å². The number of nitrogens with one attached hydrogen (secondary N) is 1. The van der Waals surface area contributed by atoms with Gasteiger partial charge in [-0.05, 0) is 11.6 Å². The Morgan fingerprint density at radius 1 is 1.50 bits per heavy atom. The molecule has 0 unspecified atom stereocenters. The average molecular weight is 235 g/mol. The van der Waals surface area contributed by atoms with Gasteiger partial charge in [-0.2, -0.15) is 0 Å². The SMILES string of the molecule is NCc1ccccc1N1CSC=C1NC=O. The highest BCUT2D eigenvalue weighted by Gasteiger charge is 2.18. The molecule has 0 fully saturated rings. The van der Waals surface area contributed by atoms with Gasteiger partial charge in [0.1, 0.15) is 5.82 Å². The Bertz CT molecular complexity index is 419. The van der Waals surface area contributed by atoms with Crippen LogP contribution in [0.4, 0.5) is 5.69 Å². The molecule has 4 nitrogen and oxygen atoms in total. The van der Waals surface area contributed by atoms with Crippen LogP contribution in [0.15, 0.2) is 35.5 Å². The molecule has 84 valence electrons. The van der Waals surface area contributed by atoms with Gasteiger partial charge in [-0.3, -0.25) is 4.79 Å². The van der Waals surface area contributed by atoms with Crippen LogP contribution in [0.2, 0.25) is 0 Å². The second-order valence-electron chi connectivity index (χ2n) is 3.32. The molecule has 2 rings (SSSR count). The normalized spacial score (nSPS) is 14.8. The zero-order valence-electron chi connectivity index (χ0n) is 8.72. The predicted molar refractivity (Wildman–Crippen MR) is 66.6 cm³/mol. The number of anilines is 1. The highest BCUT2D eigenvalue weighted by atomic mass is 32.2. The number of hydrogen-bond acceptors (Lipinski definition) is 4. The number of carbonyl (C=O) groups excluding carboxylic acids is 1. The van der Waals surface area contributed by atoms with Crippen LogP contribution in [-0.4, -0.2) is 12.3 Å². The molecule has 0 spiro atoms. The summed E-state index contributed by atoms with van der Waals surface area (Å²) in [4.78, 5) is 12.5. The second-order valence-corrected chi connectivity index (χ2v) is 4.15. The molecule has 0 atom stereocenters. The van der Waals surface area contributed by atoms with E-state index in [4.69, 9.17) is 5.73 Å². The summed E-state index contributed by atoms with van der Waals surface area (Å²) in [6.07, 6.45) is 0.690. The first kappa shape index (κ1) is 11.0. The number of carbonyl (C=O) groups is 1. The third kappa shape index (κ3) is 2.05. The van der Waals surface area contributed by atoms with Gasteiger partial charge in [-0.25, -0.2) is 0 Å². The lowest BCUT2D eigenvalue weighted by Gasteiger charge is -2.23. The molecule has 16 heavy (non-hydrogen) atoms. The second kappa shape index (κ2) is 5.05. The average Bonchev–Trinajstić information content (AvgIpc) is 2.77. The summed E-state index contributed by atoms with van der Waals surface area (Å²) in [5, 5.41) is 4.62. The summed E-state index contributed by atoms with van der Waals surface area (Å²) in [6, 6.07) is 7.94. The van der Waals surface area contributed by atoms with Crippen LogP contribution in [-0.2, 0) is 11.3 Å². The molecule has 1 aromatic carbocycles. The Morgan fingerprint density at radius 2 is 2.31 bits per heavy atom. The number of thioether (sulfide) groups is 1. The summed E-state index contributed by atoms with van der Waals surface area (Å²) in [5.41, 5.74) is 7.82. The summed E-state index contributed by atoms with van der Waals surface area (Å²) < 4.78 is 0. The predicted octanol–water partition coefficient (Wildman–Crippen LogP) is 1.20. The molecule has 0 saturated carbocycles. The number of nitrogens with zero attached hydrogens (tertiary/aromatic N) is 1. The number of hydrogen-bond donors (Lipinski definition) is 2. The van der Waals surface area contributed by atoms with Crippen LogP contribution in [0.25, 0.3) is 0 Å². The summed E-state index contributed by atoms with van der Waals surface area (Å²) in [7, 11) is 0. The van der Waals surface area contributed by atoms with E-state index in [2.05, 4.69) is 5.32 Å². The van der Waals surface area contributed by atoms with E-state index >= 15 is 0 Å². The van der Waals surface area contributed by atoms with Gasteiger partial charge in [0, 0.05) is 17.6 Å². The van der Waals surface area contributed by atoms with Crippen molar-refractivity contribution in [3.05, 3.63) is 41.1 Å². The molecular formula is C11H13N3OS. The monoisotopic (exact) mass is 235 g/mol. The molecule has 5 heteroatoms. The van der Waals surface area contributed by atoms with Crippen LogP contribution < -0.4 is 16.0 Å². The minimum absolute atomic E-state index is 0.492. The summed E-state index contributed by atoms with van der Waals surface area (Å²) >= 11 is 1.65. The van der Waals surface area contributed by atoms with Crippen molar-refractivity contribution in [2.45, 2.75) is 6.54 Å². The number of amides is 1. The van der Waals surface area contributed by atoms with Gasteiger partial charge in [0.15, 0.2) is 0 Å². The number of benzene rings is 1. The highest BCUT2D eigenvalue weighted by molar-refractivity contribution is 8.02. The Morgan fingerprint density at radius 3 is 3.06 bits per heavy atom. The maximum atomic E-state index is 10.5. The summed E-state index contributed by atoms with van der Waals surface area (Å²) in [6.45, 7) is 0.492. The van der Waals surface area contributed by atoms with Crippen molar-refractivity contribution in [1.82, 2.24) is 5.32 Å². The van der Waals surface area contributed by atoms with Crippen molar-refractivity contribution in [1.29, 1.82) is 0 Å². The fraction of sp³-hybridized carbons (Fsp3) is 0.182. The van der Waals surface area contributed by atoms with Crippen LogP contribution in [0.3, 0.4) is 0 Å². The highest BCUT2D eigenvalue weighted by Crippen LogP contribution is 2.30.